The van der Waals surface area contributed by atoms with Crippen LogP contribution in [0, 0.1) is 0 Å². The van der Waals surface area contributed by atoms with Gasteiger partial charge < -0.3 is 0 Å². The van der Waals surface area contributed by atoms with Crippen molar-refractivity contribution in [1.82, 2.24) is 23.9 Å². The largest absolute Gasteiger partial charge is 0.292 e. The summed E-state index contributed by atoms with van der Waals surface area (Å²) in [6.07, 6.45) is 1.91. The van der Waals surface area contributed by atoms with Gasteiger partial charge in [0.15, 0.2) is 5.82 Å². The Kier molecular flexibility index (Phi) is 6.79. The number of aromatic nitrogens is 5. The van der Waals surface area contributed by atoms with Crippen LogP contribution < -0.4 is 0 Å². The van der Waals surface area contributed by atoms with Crippen molar-refractivity contribution in [3.8, 4) is 50.8 Å². The van der Waals surface area contributed by atoms with Gasteiger partial charge in [0.2, 0.25) is 0 Å². The van der Waals surface area contributed by atoms with E-state index in [4.69, 9.17) is 15.0 Å². The van der Waals surface area contributed by atoms with E-state index in [1.54, 1.807) is 0 Å². The first-order chi connectivity index (χ1) is 26.8. The fourth-order valence-electron chi connectivity index (χ4n) is 8.12. The Labute approximate surface area is 311 Å². The van der Waals surface area contributed by atoms with Crippen molar-refractivity contribution in [3.63, 3.8) is 0 Å². The lowest BCUT2D eigenvalue weighted by Gasteiger charge is -2.13. The van der Waals surface area contributed by atoms with Crippen LogP contribution in [-0.2, 0) is 0 Å². The SMILES string of the molecule is c1ccc(-c2ncn3c(-c4ccc(-c5cccc(-c6nc7c8ccccc8c8ccccc8c7n6-c6ccccc6)c5)cc4)c4ccccc4c3n2)cc1. The number of rotatable bonds is 5. The Morgan fingerprint density at radius 2 is 0.963 bits per heavy atom. The van der Waals surface area contributed by atoms with Crippen LogP contribution in [0.4, 0.5) is 0 Å². The Morgan fingerprint density at radius 1 is 0.389 bits per heavy atom. The molecule has 54 heavy (non-hydrogen) atoms. The summed E-state index contributed by atoms with van der Waals surface area (Å²) in [5.74, 6) is 1.63. The molecule has 11 rings (SSSR count). The van der Waals surface area contributed by atoms with Gasteiger partial charge in [-0.05, 0) is 45.7 Å². The third kappa shape index (κ3) is 4.69. The van der Waals surface area contributed by atoms with Gasteiger partial charge in [0.1, 0.15) is 17.8 Å². The Hall–Kier alpha value is -7.37. The lowest BCUT2D eigenvalue weighted by molar-refractivity contribution is 1.04. The third-order valence-corrected chi connectivity index (χ3v) is 10.6. The van der Waals surface area contributed by atoms with Crippen molar-refractivity contribution in [2.45, 2.75) is 0 Å². The highest BCUT2D eigenvalue weighted by molar-refractivity contribution is 6.24. The molecule has 0 saturated heterocycles. The Morgan fingerprint density at radius 3 is 1.72 bits per heavy atom. The third-order valence-electron chi connectivity index (χ3n) is 10.6. The molecule has 0 unspecified atom stereocenters. The molecule has 0 spiro atoms. The molecule has 0 saturated carbocycles. The van der Waals surface area contributed by atoms with E-state index >= 15 is 0 Å². The lowest BCUT2D eigenvalue weighted by Crippen LogP contribution is -1.98. The molecular weight excluding hydrogens is 659 g/mol. The maximum Gasteiger partial charge on any atom is 0.163 e. The Balaban J connectivity index is 1.05. The maximum atomic E-state index is 5.45. The number of hydrogen-bond donors (Lipinski definition) is 0. The van der Waals surface area contributed by atoms with Crippen molar-refractivity contribution in [1.29, 1.82) is 0 Å². The van der Waals surface area contributed by atoms with Crippen LogP contribution in [0.15, 0.2) is 188 Å². The molecule has 0 aliphatic rings. The molecule has 3 aromatic heterocycles. The molecule has 11 aromatic rings. The topological polar surface area (TPSA) is 48.0 Å². The molecule has 5 heteroatoms. The molecule has 0 radical (unpaired) electrons. The Bertz CT molecular complexity index is 3200. The second kappa shape index (κ2) is 12.1. The van der Waals surface area contributed by atoms with E-state index in [1.807, 2.05) is 36.7 Å². The molecule has 0 aliphatic carbocycles. The second-order valence-electron chi connectivity index (χ2n) is 13.7. The normalized spacial score (nSPS) is 11.7. The first-order valence-electron chi connectivity index (χ1n) is 18.2. The van der Waals surface area contributed by atoms with Gasteiger partial charge in [-0.25, -0.2) is 15.0 Å². The summed E-state index contributed by atoms with van der Waals surface area (Å²) in [5, 5.41) is 7.03. The maximum absolute atomic E-state index is 5.45. The van der Waals surface area contributed by atoms with E-state index in [-0.39, 0.29) is 0 Å². The number of imidazole rings is 1. The quantitative estimate of drug-likeness (QED) is 0.169. The summed E-state index contributed by atoms with van der Waals surface area (Å²) >= 11 is 0. The van der Waals surface area contributed by atoms with Crippen molar-refractivity contribution in [3.05, 3.63) is 188 Å². The molecule has 252 valence electrons. The molecule has 0 atom stereocenters. The van der Waals surface area contributed by atoms with E-state index in [0.717, 1.165) is 83.7 Å². The van der Waals surface area contributed by atoms with Gasteiger partial charge in [0.05, 0.1) is 16.7 Å². The van der Waals surface area contributed by atoms with Crippen LogP contribution in [0.25, 0.3) is 99.8 Å². The van der Waals surface area contributed by atoms with Crippen LogP contribution in [0.3, 0.4) is 0 Å². The van der Waals surface area contributed by atoms with Crippen molar-refractivity contribution >= 4 is 49.0 Å². The summed E-state index contributed by atoms with van der Waals surface area (Å²) in [7, 11) is 0. The average molecular weight is 690 g/mol. The highest BCUT2D eigenvalue weighted by Crippen LogP contribution is 2.40. The van der Waals surface area contributed by atoms with E-state index in [9.17, 15) is 0 Å². The van der Waals surface area contributed by atoms with Gasteiger partial charge in [-0.2, -0.15) is 0 Å². The molecule has 0 amide bonds. The smallest absolute Gasteiger partial charge is 0.163 e. The standard InChI is InChI=1S/C49H31N5/c1-3-14-34(15-4-1)47-50-31-53-45(42-24-11-12-25-43(42)49(53)52-47)33-28-26-32(27-29-33)35-16-13-17-36(30-35)48-51-44-40-22-9-7-20-38(40)39-21-8-10-23-41(39)46(44)54(48)37-18-5-2-6-19-37/h1-31H. The molecular formula is C49H31N5. The van der Waals surface area contributed by atoms with E-state index in [1.165, 1.54) is 16.2 Å². The van der Waals surface area contributed by atoms with Crippen LogP contribution in [-0.4, -0.2) is 23.9 Å². The van der Waals surface area contributed by atoms with Gasteiger partial charge >= 0.3 is 0 Å². The van der Waals surface area contributed by atoms with Gasteiger partial charge in [-0.3, -0.25) is 8.97 Å². The zero-order chi connectivity index (χ0) is 35.6. The molecule has 8 aromatic carbocycles. The van der Waals surface area contributed by atoms with E-state index in [2.05, 4.69) is 161 Å². The predicted molar refractivity (Wildman–Crippen MR) is 222 cm³/mol. The summed E-state index contributed by atoms with van der Waals surface area (Å²) in [6, 6.07) is 64.1. The van der Waals surface area contributed by atoms with Gasteiger partial charge in [-0.15, -0.1) is 0 Å². The monoisotopic (exact) mass is 689 g/mol. The molecule has 3 heterocycles. The minimum absolute atomic E-state index is 0.718. The number of para-hydroxylation sites is 1. The second-order valence-corrected chi connectivity index (χ2v) is 13.7. The molecule has 5 nitrogen and oxygen atoms in total. The van der Waals surface area contributed by atoms with Crippen molar-refractivity contribution in [2.75, 3.05) is 0 Å². The molecule has 0 bridgehead atoms. The first kappa shape index (κ1) is 30.3. The summed E-state index contributed by atoms with van der Waals surface area (Å²) in [4.78, 5) is 15.3. The van der Waals surface area contributed by atoms with Crippen LogP contribution in [0.1, 0.15) is 0 Å². The van der Waals surface area contributed by atoms with Gasteiger partial charge in [-0.1, -0.05) is 164 Å². The average Bonchev–Trinajstić information content (AvgIpc) is 3.82. The highest BCUT2D eigenvalue weighted by Gasteiger charge is 2.21. The van der Waals surface area contributed by atoms with Gasteiger partial charge in [0.25, 0.3) is 0 Å². The number of fused-ring (bicyclic) bond motifs is 9. The first-order valence-corrected chi connectivity index (χ1v) is 18.2. The zero-order valence-electron chi connectivity index (χ0n) is 29.1. The van der Waals surface area contributed by atoms with E-state index < -0.39 is 0 Å². The highest BCUT2D eigenvalue weighted by atomic mass is 15.1. The fourth-order valence-corrected chi connectivity index (χ4v) is 8.12. The molecule has 0 fully saturated rings. The van der Waals surface area contributed by atoms with Gasteiger partial charge in [0, 0.05) is 38.4 Å². The minimum atomic E-state index is 0.718. The summed E-state index contributed by atoms with van der Waals surface area (Å²) in [6.45, 7) is 0. The fraction of sp³-hybridized carbons (Fsp3) is 0. The number of hydrogen-bond acceptors (Lipinski definition) is 3. The van der Waals surface area contributed by atoms with E-state index in [0.29, 0.717) is 0 Å². The van der Waals surface area contributed by atoms with Crippen molar-refractivity contribution < 1.29 is 0 Å². The van der Waals surface area contributed by atoms with Crippen LogP contribution in [0.5, 0.6) is 0 Å². The summed E-state index contributed by atoms with van der Waals surface area (Å²) in [5.41, 5.74) is 10.6. The zero-order valence-corrected chi connectivity index (χ0v) is 29.1. The van der Waals surface area contributed by atoms with Crippen LogP contribution >= 0.6 is 0 Å². The minimum Gasteiger partial charge on any atom is -0.292 e. The number of benzene rings is 8. The van der Waals surface area contributed by atoms with Crippen LogP contribution in [0.2, 0.25) is 0 Å². The predicted octanol–water partition coefficient (Wildman–Crippen LogP) is 12.2. The molecule has 0 aliphatic heterocycles. The lowest BCUT2D eigenvalue weighted by atomic mass is 9.99. The molecule has 0 N–H and O–H groups in total. The van der Waals surface area contributed by atoms with Crippen molar-refractivity contribution in [2.24, 2.45) is 0 Å². The number of nitrogens with zero attached hydrogens (tertiary/aromatic N) is 5. The summed E-state index contributed by atoms with van der Waals surface area (Å²) < 4.78 is 4.45.